The summed E-state index contributed by atoms with van der Waals surface area (Å²) in [5.74, 6) is -1.29. The van der Waals surface area contributed by atoms with Crippen LogP contribution in [0.15, 0.2) is 24.3 Å². The van der Waals surface area contributed by atoms with Crippen LogP contribution in [0, 0.1) is 11.8 Å². The summed E-state index contributed by atoms with van der Waals surface area (Å²) < 4.78 is 0. The van der Waals surface area contributed by atoms with E-state index in [1.807, 2.05) is 54.5 Å². The Kier molecular flexibility index (Phi) is 39.3. The van der Waals surface area contributed by atoms with Crippen LogP contribution in [0.5, 0.6) is 0 Å². The summed E-state index contributed by atoms with van der Waals surface area (Å²) in [7, 11) is 0. The van der Waals surface area contributed by atoms with Crippen LogP contribution in [-0.2, 0) is 51.2 Å². The third-order valence-electron chi connectivity index (χ3n) is 7.91. The molecule has 1 saturated heterocycles. The van der Waals surface area contributed by atoms with E-state index in [1.54, 1.807) is 4.90 Å². The highest BCUT2D eigenvalue weighted by Crippen LogP contribution is 2.24. The number of primary amides is 2. The van der Waals surface area contributed by atoms with Gasteiger partial charge in [-0.05, 0) is 68.4 Å². The van der Waals surface area contributed by atoms with Crippen molar-refractivity contribution < 1.29 is 48.6 Å². The SMILES string of the molecule is CC.CC.CCC(C)CC(=O)NC(CCC(=O)O)C(=O)N1CCCC1.CCC(C=O)NC(C)=O.NC(=O)C1CCCc2ccccc2C1.NC=O.O=CO. The van der Waals surface area contributed by atoms with Crippen LogP contribution < -0.4 is 22.1 Å². The zero-order valence-electron chi connectivity index (χ0n) is 33.8. The van der Waals surface area contributed by atoms with Crippen LogP contribution in [0.3, 0.4) is 0 Å². The summed E-state index contributed by atoms with van der Waals surface area (Å²) in [5, 5.41) is 20.9. The molecule has 5 amide bonds. The summed E-state index contributed by atoms with van der Waals surface area (Å²) in [4.78, 5) is 85.2. The minimum Gasteiger partial charge on any atom is -0.483 e. The van der Waals surface area contributed by atoms with E-state index in [-0.39, 0.29) is 67.2 Å². The molecule has 1 aromatic carbocycles. The molecule has 1 aromatic rings. The summed E-state index contributed by atoms with van der Waals surface area (Å²) in [6.45, 7) is 16.4. The van der Waals surface area contributed by atoms with Gasteiger partial charge in [-0.1, -0.05) is 79.2 Å². The molecule has 1 fully saturated rings. The number of carbonyl (C=O) groups excluding carboxylic acids is 6. The molecule has 310 valence electrons. The first-order valence-corrected chi connectivity index (χ1v) is 18.9. The van der Waals surface area contributed by atoms with Crippen molar-refractivity contribution in [2.75, 3.05) is 13.1 Å². The Morgan fingerprint density at radius 3 is 1.85 bits per heavy atom. The van der Waals surface area contributed by atoms with Crippen LogP contribution in [0.1, 0.15) is 124 Å². The molecular formula is C39H69N5O10. The van der Waals surface area contributed by atoms with Gasteiger partial charge < -0.3 is 42.0 Å². The van der Waals surface area contributed by atoms with Crippen molar-refractivity contribution in [3.8, 4) is 0 Å². The Hall–Kier alpha value is -4.82. The first-order chi connectivity index (χ1) is 25.7. The Labute approximate surface area is 322 Å². The van der Waals surface area contributed by atoms with Gasteiger partial charge in [0.2, 0.25) is 30.0 Å². The van der Waals surface area contributed by atoms with E-state index in [2.05, 4.69) is 34.6 Å². The Morgan fingerprint density at radius 2 is 1.44 bits per heavy atom. The molecule has 0 spiro atoms. The summed E-state index contributed by atoms with van der Waals surface area (Å²) in [6.07, 6.45) is 8.80. The number of fused-ring (bicyclic) bond motifs is 1. The Morgan fingerprint density at radius 1 is 0.926 bits per heavy atom. The van der Waals surface area contributed by atoms with Gasteiger partial charge in [-0.2, -0.15) is 0 Å². The van der Waals surface area contributed by atoms with Gasteiger partial charge in [-0.15, -0.1) is 0 Å². The molecule has 0 radical (unpaired) electrons. The standard InChI is InChI=1S/C15H26N2O4.C12H15NO.C6H11NO2.2C2H6.CH3NO.CH2O2/c1-3-11(2)10-13(18)16-12(6-7-14(19)20)15(21)17-8-4-5-9-17;13-12(14)11-7-3-6-9-4-1-2-5-10(9)8-11;1-3-6(4-8)7-5(2)9;2*1-2;2*2-1-3/h11-12H,3-10H2,1-2H3,(H,16,18)(H,19,20);1-2,4-5,11H,3,6-8H2,(H2,13,14);4,6H,3H2,1-2H3,(H,7,9);2*1-2H3;1H,(H2,2,3);1H,(H,2,3). The van der Waals surface area contributed by atoms with Crippen molar-refractivity contribution >= 4 is 48.8 Å². The number of carboxylic acid groups (broad SMARTS) is 2. The second kappa shape index (κ2) is 37.9. The molecule has 15 heteroatoms. The molecule has 15 nitrogen and oxygen atoms in total. The number of nitrogens with two attached hydrogens (primary N) is 2. The van der Waals surface area contributed by atoms with Crippen molar-refractivity contribution in [1.29, 1.82) is 0 Å². The number of carbonyl (C=O) groups is 8. The number of carboxylic acids is 1. The average Bonchev–Trinajstić information content (AvgIpc) is 3.61. The highest BCUT2D eigenvalue weighted by atomic mass is 16.4. The van der Waals surface area contributed by atoms with Crippen LogP contribution in [-0.4, -0.2) is 89.1 Å². The molecule has 1 aliphatic heterocycles. The monoisotopic (exact) mass is 768 g/mol. The number of hydrogen-bond donors (Lipinski definition) is 6. The lowest BCUT2D eigenvalue weighted by Crippen LogP contribution is -2.48. The number of benzene rings is 1. The first-order valence-electron chi connectivity index (χ1n) is 18.9. The zero-order valence-corrected chi connectivity index (χ0v) is 33.8. The third kappa shape index (κ3) is 29.7. The number of hydrogen-bond acceptors (Lipinski definition) is 8. The molecule has 0 aromatic heterocycles. The van der Waals surface area contributed by atoms with Crippen molar-refractivity contribution in [2.24, 2.45) is 23.3 Å². The predicted molar refractivity (Wildman–Crippen MR) is 210 cm³/mol. The third-order valence-corrected chi connectivity index (χ3v) is 7.91. The van der Waals surface area contributed by atoms with Gasteiger partial charge in [0.1, 0.15) is 12.3 Å². The number of amides is 5. The first kappa shape index (κ1) is 55.9. The van der Waals surface area contributed by atoms with Crippen LogP contribution in [0.2, 0.25) is 0 Å². The smallest absolute Gasteiger partial charge is 0.303 e. The second-order valence-corrected chi connectivity index (χ2v) is 11.9. The lowest BCUT2D eigenvalue weighted by atomic mass is 9.96. The van der Waals surface area contributed by atoms with Crippen LogP contribution in [0.4, 0.5) is 0 Å². The van der Waals surface area contributed by atoms with Gasteiger partial charge in [0.25, 0.3) is 6.47 Å². The maximum Gasteiger partial charge on any atom is 0.303 e. The van der Waals surface area contributed by atoms with Crippen molar-refractivity contribution in [1.82, 2.24) is 15.5 Å². The van der Waals surface area contributed by atoms with Gasteiger partial charge in [0.15, 0.2) is 0 Å². The highest BCUT2D eigenvalue weighted by Gasteiger charge is 2.28. The van der Waals surface area contributed by atoms with Crippen LogP contribution in [0.25, 0.3) is 0 Å². The molecule has 0 saturated carbocycles. The maximum absolute atomic E-state index is 12.4. The van der Waals surface area contributed by atoms with Crippen molar-refractivity contribution in [3.63, 3.8) is 0 Å². The number of aliphatic carboxylic acids is 1. The number of aldehydes is 1. The molecule has 4 atom stereocenters. The van der Waals surface area contributed by atoms with E-state index >= 15 is 0 Å². The van der Waals surface area contributed by atoms with Gasteiger partial charge in [0, 0.05) is 38.8 Å². The summed E-state index contributed by atoms with van der Waals surface area (Å²) in [6, 6.07) is 7.33. The molecule has 8 N–H and O–H groups in total. The van der Waals surface area contributed by atoms with E-state index in [9.17, 15) is 28.8 Å². The maximum atomic E-state index is 12.4. The van der Waals surface area contributed by atoms with Gasteiger partial charge in [-0.3, -0.25) is 33.6 Å². The quantitative estimate of drug-likeness (QED) is 0.132. The van der Waals surface area contributed by atoms with E-state index in [0.717, 1.165) is 51.2 Å². The average molecular weight is 768 g/mol. The normalized spacial score (nSPS) is 14.9. The Balaban J connectivity index is -0.000000327. The predicted octanol–water partition coefficient (Wildman–Crippen LogP) is 4.02. The van der Waals surface area contributed by atoms with E-state index in [4.69, 9.17) is 25.5 Å². The van der Waals surface area contributed by atoms with E-state index in [1.165, 1.54) is 18.1 Å². The molecular weight excluding hydrogens is 698 g/mol. The molecule has 1 heterocycles. The lowest BCUT2D eigenvalue weighted by Gasteiger charge is -2.24. The van der Waals surface area contributed by atoms with Gasteiger partial charge in [0.05, 0.1) is 6.04 Å². The lowest BCUT2D eigenvalue weighted by molar-refractivity contribution is -0.139. The number of likely N-dealkylation sites (tertiary alicyclic amines) is 1. The highest BCUT2D eigenvalue weighted by molar-refractivity contribution is 5.88. The summed E-state index contributed by atoms with van der Waals surface area (Å²) >= 11 is 0. The molecule has 1 aliphatic carbocycles. The number of nitrogens with zero attached hydrogens (tertiary/aromatic N) is 1. The fourth-order valence-electron chi connectivity index (χ4n) is 5.04. The fraction of sp³-hybridized carbons (Fsp3) is 0.641. The van der Waals surface area contributed by atoms with Crippen LogP contribution >= 0.6 is 0 Å². The largest absolute Gasteiger partial charge is 0.483 e. The zero-order chi connectivity index (χ0) is 42.5. The minimum atomic E-state index is -0.953. The van der Waals surface area contributed by atoms with Crippen molar-refractivity contribution in [2.45, 2.75) is 138 Å². The summed E-state index contributed by atoms with van der Waals surface area (Å²) in [5.41, 5.74) is 12.2. The topological polar surface area (TPSA) is 256 Å². The second-order valence-electron chi connectivity index (χ2n) is 11.9. The molecule has 4 unspecified atom stereocenters. The fourth-order valence-corrected chi connectivity index (χ4v) is 5.04. The molecule has 2 aliphatic rings. The number of nitrogens with one attached hydrogen (secondary N) is 2. The Bertz CT molecular complexity index is 1190. The number of rotatable bonds is 12. The molecule has 3 rings (SSSR count). The van der Waals surface area contributed by atoms with E-state index in [0.29, 0.717) is 25.9 Å². The van der Waals surface area contributed by atoms with Crippen molar-refractivity contribution in [3.05, 3.63) is 35.4 Å². The minimum absolute atomic E-state index is 0.0404. The van der Waals surface area contributed by atoms with Gasteiger partial charge >= 0.3 is 5.97 Å². The van der Waals surface area contributed by atoms with E-state index < -0.39 is 12.0 Å². The van der Waals surface area contributed by atoms with Gasteiger partial charge in [-0.25, -0.2) is 0 Å². The molecule has 0 bridgehead atoms. The molecule has 54 heavy (non-hydrogen) atoms. The number of aryl methyl sites for hydroxylation is 1.